The Bertz CT molecular complexity index is 564. The van der Waals surface area contributed by atoms with Crippen LogP contribution in [0.1, 0.15) is 18.7 Å². The first-order valence-corrected chi connectivity index (χ1v) is 9.83. The number of hydrogen-bond donors (Lipinski definition) is 1. The molecule has 1 N–H and O–H groups in total. The molecule has 3 rings (SSSR count). The lowest BCUT2D eigenvalue weighted by molar-refractivity contribution is 0.198. The summed E-state index contributed by atoms with van der Waals surface area (Å²) in [5.41, 5.74) is 0. The van der Waals surface area contributed by atoms with E-state index in [1.807, 2.05) is 11.8 Å². The lowest BCUT2D eigenvalue weighted by Gasteiger charge is -2.23. The van der Waals surface area contributed by atoms with Crippen molar-refractivity contribution in [2.45, 2.75) is 25.8 Å². The number of aryl methyl sites for hydroxylation is 1. The summed E-state index contributed by atoms with van der Waals surface area (Å²) < 4.78 is 15.6. The summed E-state index contributed by atoms with van der Waals surface area (Å²) in [6, 6.07) is 0.0395. The van der Waals surface area contributed by atoms with Crippen molar-refractivity contribution in [2.24, 2.45) is 0 Å². The van der Waals surface area contributed by atoms with Gasteiger partial charge in [0.05, 0.1) is 0 Å². The molecule has 0 saturated carbocycles. The second kappa shape index (κ2) is 6.91. The van der Waals surface area contributed by atoms with Crippen molar-refractivity contribution >= 4 is 33.5 Å². The van der Waals surface area contributed by atoms with Gasteiger partial charge in [0.15, 0.2) is 0 Å². The second-order valence-corrected chi connectivity index (χ2v) is 8.05. The van der Waals surface area contributed by atoms with Crippen molar-refractivity contribution in [3.8, 4) is 0 Å². The van der Waals surface area contributed by atoms with Crippen LogP contribution in [0.25, 0.3) is 0 Å². The Kier molecular flexibility index (Phi) is 4.92. The van der Waals surface area contributed by atoms with Crippen molar-refractivity contribution in [2.75, 3.05) is 42.6 Å². The van der Waals surface area contributed by atoms with Gasteiger partial charge in [0.1, 0.15) is 5.82 Å². The van der Waals surface area contributed by atoms with Crippen molar-refractivity contribution in [3.63, 3.8) is 0 Å². The van der Waals surface area contributed by atoms with Gasteiger partial charge in [-0.15, -0.1) is 0 Å². The maximum absolute atomic E-state index is 12.3. The van der Waals surface area contributed by atoms with E-state index in [0.29, 0.717) is 18.1 Å². The maximum atomic E-state index is 12.3. The first kappa shape index (κ1) is 15.7. The van der Waals surface area contributed by atoms with Crippen LogP contribution in [0.15, 0.2) is 0 Å². The summed E-state index contributed by atoms with van der Waals surface area (Å²) in [6.45, 7) is 4.99. The number of nitrogens with zero attached hydrogens (tertiary/aromatic N) is 4. The minimum absolute atomic E-state index is 0.0285. The predicted molar refractivity (Wildman–Crippen MR) is 87.9 cm³/mol. The highest BCUT2D eigenvalue weighted by molar-refractivity contribution is 7.85. The number of nitrogens with one attached hydrogen (secondary N) is 1. The zero-order valence-corrected chi connectivity index (χ0v) is 14.3. The molecule has 1 aromatic rings. The number of rotatable bonds is 2. The Hall–Kier alpha value is -1.22. The third-order valence-electron chi connectivity index (χ3n) is 3.98. The van der Waals surface area contributed by atoms with Gasteiger partial charge in [-0.25, -0.2) is 9.78 Å². The lowest BCUT2D eigenvalue weighted by Crippen LogP contribution is -2.46. The lowest BCUT2D eigenvalue weighted by atomic mass is 10.3. The maximum Gasteiger partial charge on any atom is 0.317 e. The number of hydrogen-bond acceptors (Lipinski definition) is 6. The first-order valence-electron chi connectivity index (χ1n) is 7.57. The molecule has 0 radical (unpaired) electrons. The van der Waals surface area contributed by atoms with Crippen LogP contribution in [0, 0.1) is 6.92 Å². The molecule has 2 atom stereocenters. The summed E-state index contributed by atoms with van der Waals surface area (Å²) in [5.74, 6) is 2.10. The van der Waals surface area contributed by atoms with Crippen LogP contribution in [0.4, 0.5) is 9.93 Å². The highest BCUT2D eigenvalue weighted by Crippen LogP contribution is 2.19. The van der Waals surface area contributed by atoms with Crippen LogP contribution < -0.4 is 10.2 Å². The van der Waals surface area contributed by atoms with Crippen molar-refractivity contribution < 1.29 is 9.00 Å². The fourth-order valence-electron chi connectivity index (χ4n) is 2.77. The van der Waals surface area contributed by atoms with Crippen molar-refractivity contribution in [1.82, 2.24) is 19.6 Å². The summed E-state index contributed by atoms with van der Waals surface area (Å²) in [6.07, 6.45) is 1.74. The minimum atomic E-state index is -0.761. The van der Waals surface area contributed by atoms with Gasteiger partial charge in [0.25, 0.3) is 0 Å². The van der Waals surface area contributed by atoms with Crippen LogP contribution in [0.5, 0.6) is 0 Å². The first-order chi connectivity index (χ1) is 10.6. The molecule has 2 saturated heterocycles. The molecule has 3 heterocycles. The summed E-state index contributed by atoms with van der Waals surface area (Å²) >= 11 is 1.41. The SMILES string of the molecule is Cc1nsc(N2CCCN(C(=O)NC3CCS(=O)C3)CC2)n1. The molecule has 2 aliphatic rings. The Balaban J connectivity index is 1.53. The molecular formula is C13H21N5O2S2. The third kappa shape index (κ3) is 3.75. The van der Waals surface area contributed by atoms with E-state index >= 15 is 0 Å². The molecule has 0 aliphatic carbocycles. The fourth-order valence-corrected chi connectivity index (χ4v) is 4.91. The molecule has 1 aromatic heterocycles. The molecule has 122 valence electrons. The summed E-state index contributed by atoms with van der Waals surface area (Å²) in [5, 5.41) is 3.95. The van der Waals surface area contributed by atoms with Gasteiger partial charge in [-0.1, -0.05) is 0 Å². The quantitative estimate of drug-likeness (QED) is 0.850. The van der Waals surface area contributed by atoms with Crippen LogP contribution in [0.2, 0.25) is 0 Å². The van der Waals surface area contributed by atoms with E-state index in [2.05, 4.69) is 19.6 Å². The summed E-state index contributed by atoms with van der Waals surface area (Å²) in [4.78, 5) is 20.8. The number of anilines is 1. The largest absolute Gasteiger partial charge is 0.345 e. The van der Waals surface area contributed by atoms with E-state index in [-0.39, 0.29) is 12.1 Å². The van der Waals surface area contributed by atoms with Gasteiger partial charge in [-0.3, -0.25) is 4.21 Å². The number of aromatic nitrogens is 2. The van der Waals surface area contributed by atoms with E-state index in [9.17, 15) is 9.00 Å². The van der Waals surface area contributed by atoms with E-state index in [0.717, 1.165) is 43.4 Å². The summed E-state index contributed by atoms with van der Waals surface area (Å²) in [7, 11) is -0.761. The standard InChI is InChI=1S/C13H21N5O2S2/c1-10-14-13(21-16-10)18-5-2-4-17(6-7-18)12(19)15-11-3-8-22(20)9-11/h11H,2-9H2,1H3,(H,15,19). The average Bonchev–Trinajstić information content (AvgIpc) is 3.00. The average molecular weight is 343 g/mol. The number of carbonyl (C=O) groups excluding carboxylic acids is 1. The number of carbonyl (C=O) groups is 1. The number of amides is 2. The molecule has 2 fully saturated rings. The van der Waals surface area contributed by atoms with Gasteiger partial charge in [0.2, 0.25) is 5.13 Å². The van der Waals surface area contributed by atoms with Gasteiger partial charge in [0, 0.05) is 66.1 Å². The third-order valence-corrected chi connectivity index (χ3v) is 6.31. The molecule has 22 heavy (non-hydrogen) atoms. The second-order valence-electron chi connectivity index (χ2n) is 5.70. The van der Waals surface area contributed by atoms with Gasteiger partial charge in [-0.2, -0.15) is 4.37 Å². The molecule has 0 bridgehead atoms. The van der Waals surface area contributed by atoms with E-state index < -0.39 is 10.8 Å². The van der Waals surface area contributed by atoms with Crippen molar-refractivity contribution in [1.29, 1.82) is 0 Å². The Morgan fingerprint density at radius 2 is 2.23 bits per heavy atom. The Morgan fingerprint density at radius 1 is 1.36 bits per heavy atom. The molecule has 9 heteroatoms. The molecule has 2 unspecified atom stereocenters. The molecule has 0 spiro atoms. The van der Waals surface area contributed by atoms with Gasteiger partial charge >= 0.3 is 6.03 Å². The smallest absolute Gasteiger partial charge is 0.317 e. The van der Waals surface area contributed by atoms with Crippen LogP contribution in [0.3, 0.4) is 0 Å². The molecular weight excluding hydrogens is 322 g/mol. The Labute approximate surface area is 136 Å². The normalized spacial score (nSPS) is 26.0. The molecule has 2 aliphatic heterocycles. The highest BCUT2D eigenvalue weighted by Gasteiger charge is 2.26. The number of urea groups is 1. The Morgan fingerprint density at radius 3 is 2.91 bits per heavy atom. The van der Waals surface area contributed by atoms with Crippen LogP contribution >= 0.6 is 11.5 Å². The molecule has 7 nitrogen and oxygen atoms in total. The van der Waals surface area contributed by atoms with Gasteiger partial charge in [-0.05, 0) is 19.8 Å². The van der Waals surface area contributed by atoms with E-state index in [1.54, 1.807) is 0 Å². The topological polar surface area (TPSA) is 78.4 Å². The zero-order chi connectivity index (χ0) is 15.5. The van der Waals surface area contributed by atoms with Crippen molar-refractivity contribution in [3.05, 3.63) is 5.82 Å². The van der Waals surface area contributed by atoms with Crippen LogP contribution in [-0.4, -0.2) is 68.2 Å². The highest BCUT2D eigenvalue weighted by atomic mass is 32.2. The van der Waals surface area contributed by atoms with E-state index in [1.165, 1.54) is 11.5 Å². The van der Waals surface area contributed by atoms with Gasteiger partial charge < -0.3 is 15.1 Å². The monoisotopic (exact) mass is 343 g/mol. The minimum Gasteiger partial charge on any atom is -0.345 e. The van der Waals surface area contributed by atoms with E-state index in [4.69, 9.17) is 0 Å². The predicted octanol–water partition coefficient (Wildman–Crippen LogP) is 0.589. The zero-order valence-electron chi connectivity index (χ0n) is 12.7. The molecule has 0 aromatic carbocycles. The fraction of sp³-hybridized carbons (Fsp3) is 0.769. The van der Waals surface area contributed by atoms with Crippen LogP contribution in [-0.2, 0) is 10.8 Å². The molecule has 2 amide bonds.